The van der Waals surface area contributed by atoms with E-state index < -0.39 is 29.4 Å². The number of amides is 2. The smallest absolute Gasteiger partial charge is 0.333 e. The molecule has 0 bridgehead atoms. The summed E-state index contributed by atoms with van der Waals surface area (Å²) < 4.78 is 11.4. The molecule has 2 heterocycles. The van der Waals surface area contributed by atoms with Crippen molar-refractivity contribution in [2.75, 3.05) is 26.8 Å². The van der Waals surface area contributed by atoms with Gasteiger partial charge in [-0.15, -0.1) is 11.3 Å². The molecule has 224 valence electrons. The number of thiazole rings is 1. The second-order valence-corrected chi connectivity index (χ2v) is 11.9. The summed E-state index contributed by atoms with van der Waals surface area (Å²) in [5.74, 6) is 5.03. The molecule has 1 aromatic carbocycles. The van der Waals surface area contributed by atoms with Gasteiger partial charge in [-0.2, -0.15) is 0 Å². The molecule has 0 spiro atoms. The first-order valence-electron chi connectivity index (χ1n) is 14.1. The lowest BCUT2D eigenvalue weighted by Gasteiger charge is -2.39. The molecule has 0 saturated heterocycles. The normalized spacial score (nSPS) is 14.0. The molecule has 0 saturated carbocycles. The number of nitrogens with zero attached hydrogens (tertiary/aromatic N) is 3. The number of halogens is 1. The van der Waals surface area contributed by atoms with E-state index in [2.05, 4.69) is 32.8 Å². The van der Waals surface area contributed by atoms with Crippen LogP contribution in [-0.2, 0) is 25.5 Å². The molecule has 3 rings (SSSR count). The lowest BCUT2D eigenvalue weighted by molar-refractivity contribution is -0.162. The van der Waals surface area contributed by atoms with E-state index in [4.69, 9.17) is 9.47 Å². The fourth-order valence-electron chi connectivity index (χ4n) is 4.54. The topological polar surface area (TPSA) is 89.0 Å². The molecule has 1 unspecified atom stereocenters. The van der Waals surface area contributed by atoms with Crippen molar-refractivity contribution >= 4 is 45.1 Å². The average Bonchev–Trinajstić information content (AvgIpc) is 3.47. The SMILES string of the molecule is CC.CCOC(=O)C1c2cc(Br)c(OC)cc2CCN1C(=O)C(=O)N(CCCCCC#Cc1cncs1)C(C)(C)C. The maximum absolute atomic E-state index is 13.7. The van der Waals surface area contributed by atoms with Crippen LogP contribution in [0.4, 0.5) is 0 Å². The van der Waals surface area contributed by atoms with Gasteiger partial charge in [0.15, 0.2) is 6.04 Å². The van der Waals surface area contributed by atoms with Crippen LogP contribution in [0.5, 0.6) is 5.75 Å². The molecule has 0 aliphatic carbocycles. The lowest BCUT2D eigenvalue weighted by Crippen LogP contribution is -2.55. The molecule has 10 heteroatoms. The van der Waals surface area contributed by atoms with Gasteiger partial charge in [-0.1, -0.05) is 32.1 Å². The summed E-state index contributed by atoms with van der Waals surface area (Å²) in [4.78, 5) is 48.3. The Balaban J connectivity index is 0.00000287. The van der Waals surface area contributed by atoms with Crippen molar-refractivity contribution in [1.29, 1.82) is 0 Å². The van der Waals surface area contributed by atoms with Crippen molar-refractivity contribution in [3.05, 3.63) is 44.3 Å². The van der Waals surface area contributed by atoms with Gasteiger partial charge in [0.1, 0.15) is 5.75 Å². The number of esters is 1. The van der Waals surface area contributed by atoms with E-state index in [0.717, 1.165) is 36.1 Å². The number of rotatable bonds is 8. The highest BCUT2D eigenvalue weighted by Gasteiger charge is 2.42. The second-order valence-electron chi connectivity index (χ2n) is 10.2. The Hall–Kier alpha value is -2.90. The minimum absolute atomic E-state index is 0.167. The van der Waals surface area contributed by atoms with E-state index in [0.29, 0.717) is 28.8 Å². The van der Waals surface area contributed by atoms with E-state index >= 15 is 0 Å². The zero-order chi connectivity index (χ0) is 30.6. The highest BCUT2D eigenvalue weighted by atomic mass is 79.9. The first-order valence-corrected chi connectivity index (χ1v) is 15.8. The van der Waals surface area contributed by atoms with Crippen molar-refractivity contribution in [3.8, 4) is 17.6 Å². The Morgan fingerprint density at radius 2 is 1.93 bits per heavy atom. The van der Waals surface area contributed by atoms with E-state index in [-0.39, 0.29) is 13.2 Å². The molecule has 1 aliphatic rings. The monoisotopic (exact) mass is 647 g/mol. The molecule has 0 N–H and O–H groups in total. The number of unbranched alkanes of at least 4 members (excludes halogenated alkanes) is 3. The minimum atomic E-state index is -1.01. The molecular formula is C31H42BrN3O5S. The third kappa shape index (κ3) is 9.30. The molecule has 0 fully saturated rings. The number of methoxy groups -OCH3 is 1. The average molecular weight is 649 g/mol. The van der Waals surface area contributed by atoms with Crippen LogP contribution in [0.1, 0.15) is 89.3 Å². The van der Waals surface area contributed by atoms with Crippen LogP contribution in [-0.4, -0.2) is 64.9 Å². The van der Waals surface area contributed by atoms with Gasteiger partial charge in [-0.05, 0) is 86.1 Å². The van der Waals surface area contributed by atoms with Gasteiger partial charge in [0.05, 0.1) is 34.8 Å². The molecule has 41 heavy (non-hydrogen) atoms. The zero-order valence-electron chi connectivity index (χ0n) is 25.2. The summed E-state index contributed by atoms with van der Waals surface area (Å²) in [6.45, 7) is 12.3. The molecule has 0 radical (unpaired) electrons. The number of benzene rings is 1. The summed E-state index contributed by atoms with van der Waals surface area (Å²) in [6, 6.07) is 2.63. The van der Waals surface area contributed by atoms with Crippen molar-refractivity contribution in [3.63, 3.8) is 0 Å². The van der Waals surface area contributed by atoms with Gasteiger partial charge in [-0.25, -0.2) is 4.79 Å². The number of aromatic nitrogens is 1. The largest absolute Gasteiger partial charge is 0.496 e. The van der Waals surface area contributed by atoms with Gasteiger partial charge in [0.25, 0.3) is 0 Å². The Morgan fingerprint density at radius 1 is 1.20 bits per heavy atom. The second kappa shape index (κ2) is 16.5. The molecule has 1 aliphatic heterocycles. The highest BCUT2D eigenvalue weighted by molar-refractivity contribution is 9.10. The number of hydrogen-bond donors (Lipinski definition) is 0. The van der Waals surface area contributed by atoms with E-state index in [9.17, 15) is 14.4 Å². The van der Waals surface area contributed by atoms with Gasteiger partial charge < -0.3 is 19.3 Å². The Morgan fingerprint density at radius 3 is 2.54 bits per heavy atom. The maximum Gasteiger partial charge on any atom is 0.333 e. The zero-order valence-corrected chi connectivity index (χ0v) is 27.6. The van der Waals surface area contributed by atoms with Crippen LogP contribution in [0.3, 0.4) is 0 Å². The third-order valence-corrected chi connectivity index (χ3v) is 7.79. The van der Waals surface area contributed by atoms with Crippen molar-refractivity contribution in [1.82, 2.24) is 14.8 Å². The fourth-order valence-corrected chi connectivity index (χ4v) is 5.55. The first-order chi connectivity index (χ1) is 19.6. The van der Waals surface area contributed by atoms with Crippen molar-refractivity contribution in [2.45, 2.75) is 85.2 Å². The lowest BCUT2D eigenvalue weighted by atomic mass is 9.91. The van der Waals surface area contributed by atoms with Crippen LogP contribution < -0.4 is 4.74 Å². The molecule has 2 aromatic rings. The van der Waals surface area contributed by atoms with Crippen LogP contribution in [0.15, 0.2) is 28.3 Å². The van der Waals surface area contributed by atoms with Gasteiger partial charge in [0, 0.05) is 25.0 Å². The van der Waals surface area contributed by atoms with E-state index in [1.165, 1.54) is 16.2 Å². The predicted molar refractivity (Wildman–Crippen MR) is 166 cm³/mol. The van der Waals surface area contributed by atoms with Crippen molar-refractivity contribution < 1.29 is 23.9 Å². The van der Waals surface area contributed by atoms with E-state index in [1.807, 2.05) is 40.7 Å². The Kier molecular flexibility index (Phi) is 13.8. The van der Waals surface area contributed by atoms with E-state index in [1.54, 1.807) is 36.7 Å². The van der Waals surface area contributed by atoms with Crippen LogP contribution in [0.25, 0.3) is 0 Å². The minimum Gasteiger partial charge on any atom is -0.496 e. The van der Waals surface area contributed by atoms with Crippen LogP contribution >= 0.6 is 27.3 Å². The quantitative estimate of drug-likeness (QED) is 0.147. The number of ether oxygens (including phenoxy) is 2. The molecule has 1 atom stereocenters. The summed E-state index contributed by atoms with van der Waals surface area (Å²) in [6.07, 6.45) is 5.53. The molecule has 2 amide bonds. The summed E-state index contributed by atoms with van der Waals surface area (Å²) in [7, 11) is 1.57. The summed E-state index contributed by atoms with van der Waals surface area (Å²) in [5, 5.41) is 0. The number of carbonyl (C=O) groups is 3. The molecular weight excluding hydrogens is 606 g/mol. The van der Waals surface area contributed by atoms with Gasteiger partial charge in [-0.3, -0.25) is 14.6 Å². The van der Waals surface area contributed by atoms with Crippen LogP contribution in [0.2, 0.25) is 0 Å². The number of fused-ring (bicyclic) bond motifs is 1. The number of hydrogen-bond acceptors (Lipinski definition) is 7. The Labute approximate surface area is 256 Å². The maximum atomic E-state index is 13.7. The van der Waals surface area contributed by atoms with Crippen molar-refractivity contribution in [2.24, 2.45) is 0 Å². The van der Waals surface area contributed by atoms with Gasteiger partial charge >= 0.3 is 17.8 Å². The fraction of sp³-hybridized carbons (Fsp3) is 0.548. The molecule has 8 nitrogen and oxygen atoms in total. The number of carbonyl (C=O) groups excluding carboxylic acids is 3. The third-order valence-electron chi connectivity index (χ3n) is 6.48. The standard InChI is InChI=1S/C29H36BrN3O5S.C2H6/c1-6-38-28(36)25-22-17-23(30)24(37-5)16-20(22)13-15-32(25)26(34)27(35)33(29(2,3)4)14-11-9-7-8-10-12-21-18-31-19-39-21;1-2/h16-19,25H,6-9,11,13-15H2,1-5H3;1-2H3. The first kappa shape index (κ1) is 34.3. The molecule has 1 aromatic heterocycles. The highest BCUT2D eigenvalue weighted by Crippen LogP contribution is 2.38. The van der Waals surface area contributed by atoms with Crippen LogP contribution in [0, 0.1) is 11.8 Å². The predicted octanol–water partition coefficient (Wildman–Crippen LogP) is 6.17. The summed E-state index contributed by atoms with van der Waals surface area (Å²) in [5.41, 5.74) is 2.71. The Bertz CT molecular complexity index is 1230. The van der Waals surface area contributed by atoms with Gasteiger partial charge in [0.2, 0.25) is 0 Å². The summed E-state index contributed by atoms with van der Waals surface area (Å²) >= 11 is 5.00.